The molecule has 0 bridgehead atoms. The van der Waals surface area contributed by atoms with Gasteiger partial charge in [0.2, 0.25) is 0 Å². The van der Waals surface area contributed by atoms with Gasteiger partial charge in [-0.3, -0.25) is 4.79 Å². The maximum atomic E-state index is 12.3. The zero-order chi connectivity index (χ0) is 13.4. The molecular weight excluding hydrogens is 226 g/mol. The van der Waals surface area contributed by atoms with E-state index in [1.165, 1.54) is 0 Å². The quantitative estimate of drug-likeness (QED) is 0.823. The van der Waals surface area contributed by atoms with Gasteiger partial charge < -0.3 is 10.0 Å². The standard InChI is InChI=1S/C15H19NO2/c1-3-16(4-2)15(18)14-11-6-5-9-13(14)10-7-8-12-17/h5-6,9,11,17H,3-4,8,12H2,1-2H3. The van der Waals surface area contributed by atoms with Gasteiger partial charge in [0.15, 0.2) is 0 Å². The molecule has 0 aliphatic heterocycles. The molecule has 3 nitrogen and oxygen atoms in total. The first-order chi connectivity index (χ1) is 8.74. The summed E-state index contributed by atoms with van der Waals surface area (Å²) < 4.78 is 0. The van der Waals surface area contributed by atoms with Crippen LogP contribution in [0, 0.1) is 11.8 Å². The first-order valence-electron chi connectivity index (χ1n) is 6.22. The van der Waals surface area contributed by atoms with Gasteiger partial charge in [-0.15, -0.1) is 0 Å². The molecule has 0 atom stereocenters. The highest BCUT2D eigenvalue weighted by atomic mass is 16.2. The Morgan fingerprint density at radius 1 is 1.28 bits per heavy atom. The van der Waals surface area contributed by atoms with Gasteiger partial charge in [-0.05, 0) is 26.0 Å². The lowest BCUT2D eigenvalue weighted by atomic mass is 10.1. The van der Waals surface area contributed by atoms with Crippen LogP contribution in [-0.4, -0.2) is 35.6 Å². The van der Waals surface area contributed by atoms with Crippen molar-refractivity contribution in [1.82, 2.24) is 4.90 Å². The third-order valence-electron chi connectivity index (χ3n) is 2.67. The summed E-state index contributed by atoms with van der Waals surface area (Å²) >= 11 is 0. The summed E-state index contributed by atoms with van der Waals surface area (Å²) in [5.74, 6) is 5.80. The first-order valence-corrected chi connectivity index (χ1v) is 6.22. The Labute approximate surface area is 108 Å². The van der Waals surface area contributed by atoms with Crippen molar-refractivity contribution in [3.8, 4) is 11.8 Å². The Balaban J connectivity index is 3.02. The van der Waals surface area contributed by atoms with Gasteiger partial charge in [0.05, 0.1) is 12.2 Å². The lowest BCUT2D eigenvalue weighted by Crippen LogP contribution is -2.30. The van der Waals surface area contributed by atoms with Gasteiger partial charge in [0.1, 0.15) is 0 Å². The van der Waals surface area contributed by atoms with Gasteiger partial charge in [-0.2, -0.15) is 0 Å². The van der Waals surface area contributed by atoms with Crippen LogP contribution in [0.25, 0.3) is 0 Å². The van der Waals surface area contributed by atoms with Crippen LogP contribution in [0.15, 0.2) is 24.3 Å². The topological polar surface area (TPSA) is 40.5 Å². The maximum Gasteiger partial charge on any atom is 0.255 e. The van der Waals surface area contributed by atoms with E-state index in [4.69, 9.17) is 5.11 Å². The zero-order valence-electron chi connectivity index (χ0n) is 10.9. The van der Waals surface area contributed by atoms with Gasteiger partial charge in [-0.25, -0.2) is 0 Å². The third-order valence-corrected chi connectivity index (χ3v) is 2.67. The molecular formula is C15H19NO2. The molecule has 1 N–H and O–H groups in total. The number of rotatable bonds is 4. The van der Waals surface area contributed by atoms with Crippen molar-refractivity contribution in [2.45, 2.75) is 20.3 Å². The number of hydrogen-bond acceptors (Lipinski definition) is 2. The van der Waals surface area contributed by atoms with E-state index in [2.05, 4.69) is 11.8 Å². The van der Waals surface area contributed by atoms with Crippen molar-refractivity contribution < 1.29 is 9.90 Å². The highest BCUT2D eigenvalue weighted by Crippen LogP contribution is 2.10. The molecule has 1 aromatic rings. The van der Waals surface area contributed by atoms with Crippen LogP contribution in [0.2, 0.25) is 0 Å². The van der Waals surface area contributed by atoms with Gasteiger partial charge >= 0.3 is 0 Å². The average molecular weight is 245 g/mol. The Bertz CT molecular complexity index is 453. The molecule has 0 spiro atoms. The van der Waals surface area contributed by atoms with Crippen LogP contribution in [0.4, 0.5) is 0 Å². The Hall–Kier alpha value is -1.79. The predicted molar refractivity (Wildman–Crippen MR) is 72.3 cm³/mol. The summed E-state index contributed by atoms with van der Waals surface area (Å²) in [6.07, 6.45) is 0.424. The Morgan fingerprint density at radius 3 is 2.56 bits per heavy atom. The minimum absolute atomic E-state index is 0.00824. The number of carbonyl (C=O) groups excluding carboxylic acids is 1. The number of hydrogen-bond donors (Lipinski definition) is 1. The van der Waals surface area contributed by atoms with E-state index < -0.39 is 0 Å². The number of amides is 1. The van der Waals surface area contributed by atoms with Crippen LogP contribution < -0.4 is 0 Å². The largest absolute Gasteiger partial charge is 0.395 e. The molecule has 0 radical (unpaired) electrons. The van der Waals surface area contributed by atoms with E-state index in [1.807, 2.05) is 32.0 Å². The highest BCUT2D eigenvalue weighted by molar-refractivity contribution is 5.96. The molecule has 3 heteroatoms. The summed E-state index contributed by atoms with van der Waals surface area (Å²) in [6.45, 7) is 5.34. The monoisotopic (exact) mass is 245 g/mol. The molecule has 1 rings (SSSR count). The van der Waals surface area contributed by atoms with Crippen LogP contribution in [0.1, 0.15) is 36.2 Å². The van der Waals surface area contributed by atoms with Crippen molar-refractivity contribution in [2.24, 2.45) is 0 Å². The van der Waals surface area contributed by atoms with Crippen molar-refractivity contribution in [3.63, 3.8) is 0 Å². The minimum Gasteiger partial charge on any atom is -0.395 e. The average Bonchev–Trinajstić information content (AvgIpc) is 2.41. The third kappa shape index (κ3) is 3.61. The molecule has 0 saturated heterocycles. The fourth-order valence-corrected chi connectivity index (χ4v) is 1.67. The van der Waals surface area contributed by atoms with Gasteiger partial charge in [0, 0.05) is 25.1 Å². The van der Waals surface area contributed by atoms with Gasteiger partial charge in [-0.1, -0.05) is 24.0 Å². The van der Waals surface area contributed by atoms with E-state index in [0.717, 1.165) is 5.56 Å². The minimum atomic E-state index is 0.00824. The molecule has 0 saturated carbocycles. The fraction of sp³-hybridized carbons (Fsp3) is 0.400. The molecule has 1 aromatic carbocycles. The first kappa shape index (κ1) is 14.3. The molecule has 0 aromatic heterocycles. The van der Waals surface area contributed by atoms with Crippen LogP contribution in [-0.2, 0) is 0 Å². The lowest BCUT2D eigenvalue weighted by Gasteiger charge is -2.19. The molecule has 18 heavy (non-hydrogen) atoms. The van der Waals surface area contributed by atoms with E-state index in [9.17, 15) is 4.79 Å². The SMILES string of the molecule is CCN(CC)C(=O)c1ccccc1C#CCCO. The number of benzene rings is 1. The second kappa shape index (κ2) is 7.52. The second-order valence-electron chi connectivity index (χ2n) is 3.80. The van der Waals surface area contributed by atoms with Crippen molar-refractivity contribution in [3.05, 3.63) is 35.4 Å². The molecule has 0 unspecified atom stereocenters. The smallest absolute Gasteiger partial charge is 0.255 e. The second-order valence-corrected chi connectivity index (χ2v) is 3.80. The molecule has 0 fully saturated rings. The predicted octanol–water partition coefficient (Wildman–Crippen LogP) is 1.90. The summed E-state index contributed by atoms with van der Waals surface area (Å²) in [5, 5.41) is 8.71. The zero-order valence-corrected chi connectivity index (χ0v) is 10.9. The molecule has 0 heterocycles. The van der Waals surface area contributed by atoms with Crippen LogP contribution >= 0.6 is 0 Å². The Morgan fingerprint density at radius 2 is 1.94 bits per heavy atom. The summed E-state index contributed by atoms with van der Waals surface area (Å²) in [7, 11) is 0. The van der Waals surface area contributed by atoms with E-state index in [-0.39, 0.29) is 12.5 Å². The molecule has 0 aliphatic rings. The number of carbonyl (C=O) groups is 1. The summed E-state index contributed by atoms with van der Waals surface area (Å²) in [4.78, 5) is 14.0. The van der Waals surface area contributed by atoms with Gasteiger partial charge in [0.25, 0.3) is 5.91 Å². The van der Waals surface area contributed by atoms with Crippen LogP contribution in [0.3, 0.4) is 0 Å². The van der Waals surface area contributed by atoms with Crippen LogP contribution in [0.5, 0.6) is 0 Å². The van der Waals surface area contributed by atoms with Crippen molar-refractivity contribution in [1.29, 1.82) is 0 Å². The van der Waals surface area contributed by atoms with Crippen molar-refractivity contribution >= 4 is 5.91 Å². The Kier molecular flexibility index (Phi) is 5.96. The number of nitrogens with zero attached hydrogens (tertiary/aromatic N) is 1. The van der Waals surface area contributed by atoms with E-state index in [0.29, 0.717) is 25.1 Å². The summed E-state index contributed by atoms with van der Waals surface area (Å²) in [5.41, 5.74) is 1.36. The maximum absolute atomic E-state index is 12.3. The molecule has 1 amide bonds. The van der Waals surface area contributed by atoms with E-state index in [1.54, 1.807) is 11.0 Å². The lowest BCUT2D eigenvalue weighted by molar-refractivity contribution is 0.0772. The van der Waals surface area contributed by atoms with Crippen molar-refractivity contribution in [2.75, 3.05) is 19.7 Å². The summed E-state index contributed by atoms with van der Waals surface area (Å²) in [6, 6.07) is 7.33. The number of aliphatic hydroxyl groups excluding tert-OH is 1. The molecule has 96 valence electrons. The number of aliphatic hydroxyl groups is 1. The highest BCUT2D eigenvalue weighted by Gasteiger charge is 2.14. The van der Waals surface area contributed by atoms with E-state index >= 15 is 0 Å². The molecule has 0 aliphatic carbocycles. The fourth-order valence-electron chi connectivity index (χ4n) is 1.67. The normalized spacial score (nSPS) is 9.50.